The Labute approximate surface area is 151 Å². The van der Waals surface area contributed by atoms with Gasteiger partial charge in [-0.3, -0.25) is 4.79 Å². The molecule has 0 saturated carbocycles. The third-order valence-electron chi connectivity index (χ3n) is 3.44. The summed E-state index contributed by atoms with van der Waals surface area (Å²) in [7, 11) is 1.81. The minimum Gasteiger partial charge on any atom is -1.00 e. The van der Waals surface area contributed by atoms with E-state index in [0.717, 1.165) is 12.0 Å². The van der Waals surface area contributed by atoms with Crippen molar-refractivity contribution in [1.29, 1.82) is 0 Å². The fourth-order valence-corrected chi connectivity index (χ4v) is 2.61. The number of fused-ring (bicyclic) bond motifs is 1. The van der Waals surface area contributed by atoms with Crippen LogP contribution in [0.1, 0.15) is 12.0 Å². The maximum atomic E-state index is 12.1. The van der Waals surface area contributed by atoms with Gasteiger partial charge < -0.3 is 26.6 Å². The molecule has 7 heteroatoms. The lowest BCUT2D eigenvalue weighted by Crippen LogP contribution is -3.00. The minimum atomic E-state index is -0.364. The number of benzene rings is 1. The van der Waals surface area contributed by atoms with E-state index < -0.39 is 0 Å². The van der Waals surface area contributed by atoms with Crippen LogP contribution in [0.2, 0.25) is 5.02 Å². The molecule has 0 saturated heterocycles. The number of carbonyl (C=O) groups excluding carboxylic acids is 1. The van der Waals surface area contributed by atoms with Gasteiger partial charge in [0.05, 0.1) is 30.7 Å². The van der Waals surface area contributed by atoms with E-state index in [9.17, 15) is 4.79 Å². The van der Waals surface area contributed by atoms with Crippen LogP contribution in [-0.4, -0.2) is 19.2 Å². The van der Waals surface area contributed by atoms with Crippen molar-refractivity contribution in [2.24, 2.45) is 7.05 Å². The Morgan fingerprint density at radius 1 is 1.29 bits per heavy atom. The lowest BCUT2D eigenvalue weighted by molar-refractivity contribution is -0.675. The SMILES string of the molecule is C[n+]1ccccc1OC(=O)Cc1cc(Cl)c2c(c1)OCCCO2.[Cl-]. The number of esters is 1. The minimum absolute atomic E-state index is 0. The van der Waals surface area contributed by atoms with E-state index in [1.165, 1.54) is 0 Å². The summed E-state index contributed by atoms with van der Waals surface area (Å²) in [4.78, 5) is 12.1. The molecule has 0 atom stereocenters. The smallest absolute Gasteiger partial charge is 0.375 e. The van der Waals surface area contributed by atoms with Gasteiger partial charge in [0.2, 0.25) is 0 Å². The molecule has 2 aromatic rings. The zero-order valence-corrected chi connectivity index (χ0v) is 14.6. The first-order valence-corrected chi connectivity index (χ1v) is 7.74. The lowest BCUT2D eigenvalue weighted by Gasteiger charge is -2.11. The molecule has 2 heterocycles. The van der Waals surface area contributed by atoms with E-state index in [2.05, 4.69) is 0 Å². The van der Waals surface area contributed by atoms with Crippen molar-refractivity contribution < 1.29 is 36.0 Å². The van der Waals surface area contributed by atoms with Crippen LogP contribution in [0.3, 0.4) is 0 Å². The van der Waals surface area contributed by atoms with Crippen molar-refractivity contribution in [3.05, 3.63) is 47.1 Å². The van der Waals surface area contributed by atoms with Crippen molar-refractivity contribution in [3.8, 4) is 17.4 Å². The van der Waals surface area contributed by atoms with Crippen molar-refractivity contribution >= 4 is 17.6 Å². The second kappa shape index (κ2) is 8.22. The number of aryl methyl sites for hydroxylation is 1. The number of pyridine rings is 1. The molecule has 3 rings (SSSR count). The second-order valence-electron chi connectivity index (χ2n) is 5.26. The second-order valence-corrected chi connectivity index (χ2v) is 5.66. The highest BCUT2D eigenvalue weighted by molar-refractivity contribution is 6.32. The van der Waals surface area contributed by atoms with Crippen LogP contribution in [0, 0.1) is 0 Å². The molecule has 0 bridgehead atoms. The quantitative estimate of drug-likeness (QED) is 0.539. The molecule has 0 radical (unpaired) electrons. The third-order valence-corrected chi connectivity index (χ3v) is 3.72. The van der Waals surface area contributed by atoms with E-state index in [0.29, 0.717) is 35.6 Å². The summed E-state index contributed by atoms with van der Waals surface area (Å²) < 4.78 is 18.3. The number of halogens is 2. The first kappa shape index (κ1) is 18.4. The van der Waals surface area contributed by atoms with Crippen LogP contribution in [0.4, 0.5) is 0 Å². The molecule has 0 unspecified atom stereocenters. The molecular formula is C17H17Cl2NO4. The number of carbonyl (C=O) groups is 1. The van der Waals surface area contributed by atoms with Gasteiger partial charge in [-0.1, -0.05) is 11.6 Å². The fourth-order valence-electron chi connectivity index (χ4n) is 2.32. The van der Waals surface area contributed by atoms with E-state index in [4.69, 9.17) is 25.8 Å². The number of aromatic nitrogens is 1. The van der Waals surface area contributed by atoms with Gasteiger partial charge in [0.1, 0.15) is 7.05 Å². The standard InChI is InChI=1S/C17H17ClNO4.ClH/c1-19-6-3-2-5-15(19)23-16(20)11-12-9-13(18)17-14(10-12)21-7-4-8-22-17;/h2-3,5-6,9-10H,4,7-8,11H2,1H3;1H/q+1;/p-1. The molecule has 1 aromatic carbocycles. The molecule has 128 valence electrons. The Kier molecular flexibility index (Phi) is 6.29. The highest BCUT2D eigenvalue weighted by atomic mass is 35.5. The summed E-state index contributed by atoms with van der Waals surface area (Å²) >= 11 is 6.23. The predicted octanol–water partition coefficient (Wildman–Crippen LogP) is -0.522. The van der Waals surface area contributed by atoms with Crippen LogP contribution < -0.4 is 31.2 Å². The molecule has 5 nitrogen and oxygen atoms in total. The molecule has 0 spiro atoms. The van der Waals surface area contributed by atoms with Crippen LogP contribution in [0.25, 0.3) is 0 Å². The van der Waals surface area contributed by atoms with Crippen LogP contribution in [-0.2, 0) is 18.3 Å². The Balaban J connectivity index is 0.00000208. The number of rotatable bonds is 3. The Bertz CT molecular complexity index is 737. The number of ether oxygens (including phenoxy) is 3. The monoisotopic (exact) mass is 369 g/mol. The number of hydrogen-bond donors (Lipinski definition) is 0. The Hall–Kier alpha value is -1.98. The van der Waals surface area contributed by atoms with Crippen LogP contribution in [0.15, 0.2) is 36.5 Å². The van der Waals surface area contributed by atoms with Crippen LogP contribution in [0.5, 0.6) is 17.4 Å². The summed E-state index contributed by atoms with van der Waals surface area (Å²) in [6, 6.07) is 8.90. The number of hydrogen-bond acceptors (Lipinski definition) is 4. The molecule has 0 aliphatic carbocycles. The lowest BCUT2D eigenvalue weighted by atomic mass is 10.1. The summed E-state index contributed by atoms with van der Waals surface area (Å²) in [6.07, 6.45) is 2.71. The van der Waals surface area contributed by atoms with Gasteiger partial charge in [0.25, 0.3) is 0 Å². The van der Waals surface area contributed by atoms with Gasteiger partial charge in [0, 0.05) is 12.5 Å². The van der Waals surface area contributed by atoms with Gasteiger partial charge in [-0.15, -0.1) is 0 Å². The zero-order valence-electron chi connectivity index (χ0n) is 13.1. The van der Waals surface area contributed by atoms with Crippen molar-refractivity contribution in [2.45, 2.75) is 12.8 Å². The van der Waals surface area contributed by atoms with Gasteiger partial charge in [-0.2, -0.15) is 4.57 Å². The first-order chi connectivity index (χ1) is 11.1. The first-order valence-electron chi connectivity index (χ1n) is 7.37. The average Bonchev–Trinajstić information content (AvgIpc) is 2.75. The molecule has 1 aromatic heterocycles. The fraction of sp³-hybridized carbons (Fsp3) is 0.294. The van der Waals surface area contributed by atoms with Gasteiger partial charge >= 0.3 is 11.8 Å². The summed E-state index contributed by atoms with van der Waals surface area (Å²) in [5, 5.41) is 0.442. The molecular weight excluding hydrogens is 353 g/mol. The Morgan fingerprint density at radius 2 is 2.08 bits per heavy atom. The molecule has 24 heavy (non-hydrogen) atoms. The number of nitrogens with zero attached hydrogens (tertiary/aromatic N) is 1. The summed E-state index contributed by atoms with van der Waals surface area (Å²) in [5.74, 6) is 1.23. The van der Waals surface area contributed by atoms with Crippen molar-refractivity contribution in [3.63, 3.8) is 0 Å². The van der Waals surface area contributed by atoms with Crippen molar-refractivity contribution in [1.82, 2.24) is 0 Å². The zero-order chi connectivity index (χ0) is 16.2. The van der Waals surface area contributed by atoms with Gasteiger partial charge in [-0.05, 0) is 23.8 Å². The van der Waals surface area contributed by atoms with Gasteiger partial charge in [0.15, 0.2) is 17.7 Å². The molecule has 1 aliphatic rings. The van der Waals surface area contributed by atoms with Gasteiger partial charge in [-0.25, -0.2) is 0 Å². The van der Waals surface area contributed by atoms with Crippen LogP contribution >= 0.6 is 11.6 Å². The maximum Gasteiger partial charge on any atom is 0.375 e. The highest BCUT2D eigenvalue weighted by Gasteiger charge is 2.18. The molecule has 0 amide bonds. The van der Waals surface area contributed by atoms with E-state index in [-0.39, 0.29) is 24.8 Å². The molecule has 0 N–H and O–H groups in total. The summed E-state index contributed by atoms with van der Waals surface area (Å²) in [5.41, 5.74) is 0.725. The maximum absolute atomic E-state index is 12.1. The topological polar surface area (TPSA) is 48.6 Å². The van der Waals surface area contributed by atoms with E-state index in [1.807, 2.05) is 25.4 Å². The molecule has 0 fully saturated rings. The summed E-state index contributed by atoms with van der Waals surface area (Å²) in [6.45, 7) is 1.13. The van der Waals surface area contributed by atoms with E-state index >= 15 is 0 Å². The highest BCUT2D eigenvalue weighted by Crippen LogP contribution is 2.38. The average molecular weight is 370 g/mol. The third kappa shape index (κ3) is 4.30. The van der Waals surface area contributed by atoms with E-state index in [1.54, 1.807) is 22.8 Å². The largest absolute Gasteiger partial charge is 1.00 e. The predicted molar refractivity (Wildman–Crippen MR) is 84.0 cm³/mol. The normalized spacial score (nSPS) is 12.8. The van der Waals surface area contributed by atoms with Crippen molar-refractivity contribution in [2.75, 3.05) is 13.2 Å². The molecule has 1 aliphatic heterocycles. The Morgan fingerprint density at radius 3 is 2.88 bits per heavy atom.